The van der Waals surface area contributed by atoms with E-state index >= 15 is 0 Å². The van der Waals surface area contributed by atoms with E-state index in [2.05, 4.69) is 87.9 Å². The lowest BCUT2D eigenvalue weighted by atomic mass is 9.96. The summed E-state index contributed by atoms with van der Waals surface area (Å²) in [5.41, 5.74) is 3.59. The molecule has 1 N–H and O–H groups in total. The highest BCUT2D eigenvalue weighted by atomic mass is 16.3. The lowest BCUT2D eigenvalue weighted by Crippen LogP contribution is -2.48. The number of hydrogen-bond acceptors (Lipinski definition) is 6. The molecular formula is C30H29N5O. The van der Waals surface area contributed by atoms with Gasteiger partial charge in [0, 0.05) is 31.6 Å². The number of anilines is 2. The van der Waals surface area contributed by atoms with E-state index in [1.54, 1.807) is 6.26 Å². The van der Waals surface area contributed by atoms with Crippen molar-refractivity contribution < 1.29 is 4.42 Å². The highest BCUT2D eigenvalue weighted by Gasteiger charge is 2.27. The molecule has 0 spiro atoms. The van der Waals surface area contributed by atoms with E-state index in [4.69, 9.17) is 14.4 Å². The summed E-state index contributed by atoms with van der Waals surface area (Å²) in [5, 5.41) is 4.47. The molecule has 0 amide bonds. The summed E-state index contributed by atoms with van der Waals surface area (Å²) in [6.07, 6.45) is 1.69. The molecule has 0 radical (unpaired) electrons. The van der Waals surface area contributed by atoms with Crippen molar-refractivity contribution in [3.05, 3.63) is 120 Å². The van der Waals surface area contributed by atoms with Crippen molar-refractivity contribution in [1.29, 1.82) is 0 Å². The summed E-state index contributed by atoms with van der Waals surface area (Å²) in [5.74, 6) is 2.48. The van der Waals surface area contributed by atoms with Crippen LogP contribution in [-0.4, -0.2) is 41.0 Å². The molecule has 1 saturated heterocycles. The smallest absolute Gasteiger partial charge is 0.227 e. The fourth-order valence-electron chi connectivity index (χ4n) is 4.99. The Morgan fingerprint density at radius 2 is 1.39 bits per heavy atom. The Morgan fingerprint density at radius 1 is 0.722 bits per heavy atom. The Balaban J connectivity index is 1.24. The Labute approximate surface area is 211 Å². The van der Waals surface area contributed by atoms with Gasteiger partial charge in [-0.25, -0.2) is 4.98 Å². The molecule has 2 aromatic heterocycles. The van der Waals surface area contributed by atoms with Gasteiger partial charge in [0.2, 0.25) is 5.95 Å². The van der Waals surface area contributed by atoms with Crippen LogP contribution in [0.2, 0.25) is 0 Å². The molecule has 6 nitrogen and oxygen atoms in total. The van der Waals surface area contributed by atoms with Gasteiger partial charge >= 0.3 is 0 Å². The van der Waals surface area contributed by atoms with Crippen LogP contribution >= 0.6 is 0 Å². The van der Waals surface area contributed by atoms with Crippen molar-refractivity contribution in [2.75, 3.05) is 36.4 Å². The van der Waals surface area contributed by atoms with Crippen molar-refractivity contribution in [1.82, 2.24) is 14.9 Å². The Hall–Kier alpha value is -4.16. The molecule has 1 fully saturated rings. The summed E-state index contributed by atoms with van der Waals surface area (Å²) in [6, 6.07) is 33.8. The number of benzene rings is 3. The highest BCUT2D eigenvalue weighted by Crippen LogP contribution is 2.31. The van der Waals surface area contributed by atoms with Gasteiger partial charge in [-0.2, -0.15) is 4.98 Å². The van der Waals surface area contributed by atoms with Crippen LogP contribution < -0.4 is 10.2 Å². The molecule has 1 aliphatic rings. The minimum atomic E-state index is 0.234. The van der Waals surface area contributed by atoms with Gasteiger partial charge in [-0.15, -0.1) is 0 Å². The molecule has 3 heterocycles. The first-order chi connectivity index (χ1) is 17.8. The second kappa shape index (κ2) is 10.2. The van der Waals surface area contributed by atoms with Gasteiger partial charge in [-0.1, -0.05) is 72.8 Å². The minimum absolute atomic E-state index is 0.234. The number of furan rings is 1. The van der Waals surface area contributed by atoms with Crippen molar-refractivity contribution in [2.45, 2.75) is 12.6 Å². The van der Waals surface area contributed by atoms with Crippen LogP contribution in [0.3, 0.4) is 0 Å². The largest absolute Gasteiger partial charge is 0.467 e. The third-order valence-electron chi connectivity index (χ3n) is 6.79. The zero-order chi connectivity index (χ0) is 24.2. The zero-order valence-corrected chi connectivity index (χ0v) is 20.1. The van der Waals surface area contributed by atoms with E-state index in [9.17, 15) is 0 Å². The summed E-state index contributed by atoms with van der Waals surface area (Å²) in [4.78, 5) is 14.7. The molecule has 0 aliphatic carbocycles. The molecular weight excluding hydrogens is 446 g/mol. The average Bonchev–Trinajstić information content (AvgIpc) is 3.47. The number of nitrogens with zero attached hydrogens (tertiary/aromatic N) is 4. The van der Waals surface area contributed by atoms with E-state index in [1.807, 2.05) is 24.3 Å². The number of fused-ring (bicyclic) bond motifs is 1. The topological polar surface area (TPSA) is 57.4 Å². The summed E-state index contributed by atoms with van der Waals surface area (Å²) < 4.78 is 5.50. The van der Waals surface area contributed by atoms with E-state index in [0.29, 0.717) is 6.54 Å². The van der Waals surface area contributed by atoms with Crippen molar-refractivity contribution in [2.24, 2.45) is 0 Å². The first kappa shape index (κ1) is 22.3. The van der Waals surface area contributed by atoms with E-state index in [1.165, 1.54) is 11.1 Å². The molecule has 3 aromatic carbocycles. The Morgan fingerprint density at radius 3 is 2.06 bits per heavy atom. The summed E-state index contributed by atoms with van der Waals surface area (Å²) >= 11 is 0. The molecule has 0 atom stereocenters. The Bertz CT molecular complexity index is 1360. The first-order valence-electron chi connectivity index (χ1n) is 12.5. The second-order valence-corrected chi connectivity index (χ2v) is 9.07. The molecule has 0 saturated carbocycles. The van der Waals surface area contributed by atoms with Crippen molar-refractivity contribution in [3.63, 3.8) is 0 Å². The second-order valence-electron chi connectivity index (χ2n) is 9.07. The number of hydrogen-bond donors (Lipinski definition) is 1. The third-order valence-corrected chi connectivity index (χ3v) is 6.79. The first-order valence-corrected chi connectivity index (χ1v) is 12.5. The van der Waals surface area contributed by atoms with Crippen molar-refractivity contribution >= 4 is 22.7 Å². The van der Waals surface area contributed by atoms with Gasteiger partial charge in [0.25, 0.3) is 0 Å². The maximum Gasteiger partial charge on any atom is 0.227 e. The zero-order valence-electron chi connectivity index (χ0n) is 20.1. The number of rotatable bonds is 7. The van der Waals surface area contributed by atoms with E-state index in [-0.39, 0.29) is 6.04 Å². The molecule has 180 valence electrons. The van der Waals surface area contributed by atoms with Gasteiger partial charge < -0.3 is 14.6 Å². The van der Waals surface area contributed by atoms with E-state index in [0.717, 1.165) is 54.6 Å². The molecule has 6 heteroatoms. The van der Waals surface area contributed by atoms with Gasteiger partial charge in [-0.05, 0) is 35.4 Å². The maximum atomic E-state index is 5.50. The molecule has 0 bridgehead atoms. The summed E-state index contributed by atoms with van der Waals surface area (Å²) in [7, 11) is 0. The highest BCUT2D eigenvalue weighted by molar-refractivity contribution is 5.90. The number of aromatic nitrogens is 2. The standard InChI is InChI=1S/C30H29N5O/c1-3-10-23(11-4-1)28(24-12-5-2-6-13-24)34-17-19-35(20-18-34)30-32-27-16-8-7-15-26(27)29(33-30)31-22-25-14-9-21-36-25/h1-16,21,28H,17-20,22H2,(H,31,32,33). The molecule has 36 heavy (non-hydrogen) atoms. The van der Waals surface area contributed by atoms with Crippen LogP contribution in [0.15, 0.2) is 108 Å². The lowest BCUT2D eigenvalue weighted by molar-refractivity contribution is 0.211. The fourth-order valence-corrected chi connectivity index (χ4v) is 4.99. The van der Waals surface area contributed by atoms with Crippen LogP contribution in [0.25, 0.3) is 10.9 Å². The molecule has 1 aliphatic heterocycles. The predicted molar refractivity (Wildman–Crippen MR) is 144 cm³/mol. The van der Waals surface area contributed by atoms with Crippen LogP contribution in [-0.2, 0) is 6.54 Å². The molecule has 5 aromatic rings. The fraction of sp³-hybridized carbons (Fsp3) is 0.200. The lowest BCUT2D eigenvalue weighted by Gasteiger charge is -2.40. The predicted octanol–water partition coefficient (Wildman–Crippen LogP) is 5.75. The minimum Gasteiger partial charge on any atom is -0.467 e. The van der Waals surface area contributed by atoms with Gasteiger partial charge in [-0.3, -0.25) is 4.90 Å². The monoisotopic (exact) mass is 475 g/mol. The molecule has 6 rings (SSSR count). The normalized spacial score (nSPS) is 14.4. The maximum absolute atomic E-state index is 5.50. The quantitative estimate of drug-likeness (QED) is 0.324. The van der Waals surface area contributed by atoms with Crippen molar-refractivity contribution in [3.8, 4) is 0 Å². The molecule has 0 unspecified atom stereocenters. The number of para-hydroxylation sites is 1. The van der Waals surface area contributed by atoms with Gasteiger partial charge in [0.05, 0.1) is 24.4 Å². The number of nitrogens with one attached hydrogen (secondary N) is 1. The van der Waals surface area contributed by atoms with E-state index < -0.39 is 0 Å². The Kier molecular flexibility index (Phi) is 6.33. The van der Waals surface area contributed by atoms with Crippen LogP contribution in [0.4, 0.5) is 11.8 Å². The van der Waals surface area contributed by atoms with Gasteiger partial charge in [0.15, 0.2) is 0 Å². The number of piperazine rings is 1. The van der Waals surface area contributed by atoms with Crippen LogP contribution in [0.1, 0.15) is 22.9 Å². The average molecular weight is 476 g/mol. The SMILES string of the molecule is c1ccc(C(c2ccccc2)N2CCN(c3nc(NCc4ccco4)c4ccccc4n3)CC2)cc1. The van der Waals surface area contributed by atoms with Crippen LogP contribution in [0, 0.1) is 0 Å². The van der Waals surface area contributed by atoms with Crippen LogP contribution in [0.5, 0.6) is 0 Å². The third kappa shape index (κ3) is 4.68. The van der Waals surface area contributed by atoms with Gasteiger partial charge in [0.1, 0.15) is 11.6 Å². The summed E-state index contributed by atoms with van der Waals surface area (Å²) in [6.45, 7) is 4.18.